The lowest BCUT2D eigenvalue weighted by molar-refractivity contribution is -0.131. The average molecular weight is 210 g/mol. The van der Waals surface area contributed by atoms with E-state index in [0.29, 0.717) is 17.9 Å². The molecule has 3 heteroatoms. The van der Waals surface area contributed by atoms with E-state index in [2.05, 4.69) is 26.1 Å². The van der Waals surface area contributed by atoms with Crippen LogP contribution >= 0.6 is 0 Å². The first-order valence-corrected chi connectivity index (χ1v) is 6.02. The Balaban J connectivity index is 1.81. The van der Waals surface area contributed by atoms with Gasteiger partial charge in [-0.05, 0) is 40.0 Å². The minimum Gasteiger partial charge on any atom is -0.341 e. The minimum absolute atomic E-state index is 0.156. The van der Waals surface area contributed by atoms with Crippen molar-refractivity contribution in [2.24, 2.45) is 5.92 Å². The Bertz CT molecular complexity index is 253. The van der Waals surface area contributed by atoms with Gasteiger partial charge in [0, 0.05) is 30.6 Å². The van der Waals surface area contributed by atoms with E-state index < -0.39 is 0 Å². The molecule has 86 valence electrons. The van der Waals surface area contributed by atoms with Crippen LogP contribution in [0.5, 0.6) is 0 Å². The van der Waals surface area contributed by atoms with E-state index in [1.54, 1.807) is 0 Å². The van der Waals surface area contributed by atoms with Gasteiger partial charge in [-0.2, -0.15) is 0 Å². The molecule has 0 spiro atoms. The maximum Gasteiger partial charge on any atom is 0.225 e. The molecule has 0 aromatic carbocycles. The Morgan fingerprint density at radius 3 is 2.47 bits per heavy atom. The topological polar surface area (TPSA) is 32.3 Å². The smallest absolute Gasteiger partial charge is 0.225 e. The van der Waals surface area contributed by atoms with Crippen LogP contribution in [0.3, 0.4) is 0 Å². The summed E-state index contributed by atoms with van der Waals surface area (Å²) in [5.74, 6) is 0.770. The highest BCUT2D eigenvalue weighted by Gasteiger charge is 2.37. The highest BCUT2D eigenvalue weighted by molar-refractivity contribution is 5.81. The van der Waals surface area contributed by atoms with Crippen molar-refractivity contribution in [3.8, 4) is 0 Å². The van der Waals surface area contributed by atoms with Gasteiger partial charge in [0.25, 0.3) is 0 Å². The van der Waals surface area contributed by atoms with Crippen LogP contribution in [0, 0.1) is 5.92 Å². The minimum atomic E-state index is 0.156. The summed E-state index contributed by atoms with van der Waals surface area (Å²) in [6.45, 7) is 8.39. The number of nitrogens with one attached hydrogen (secondary N) is 1. The molecule has 1 saturated carbocycles. The molecule has 0 bridgehead atoms. The maximum absolute atomic E-state index is 11.8. The molecule has 1 N–H and O–H groups in total. The van der Waals surface area contributed by atoms with Gasteiger partial charge in [0.2, 0.25) is 5.91 Å². The molecular weight excluding hydrogens is 188 g/mol. The van der Waals surface area contributed by atoms with Crippen LogP contribution in [-0.4, -0.2) is 35.5 Å². The van der Waals surface area contributed by atoms with E-state index in [4.69, 9.17) is 0 Å². The molecule has 2 fully saturated rings. The Hall–Kier alpha value is -0.570. The maximum atomic E-state index is 11.8. The van der Waals surface area contributed by atoms with Gasteiger partial charge < -0.3 is 10.2 Å². The van der Waals surface area contributed by atoms with Crippen LogP contribution in [0.15, 0.2) is 0 Å². The van der Waals surface area contributed by atoms with Crippen molar-refractivity contribution < 1.29 is 4.79 Å². The number of likely N-dealkylation sites (tertiary alicyclic amines) is 1. The second kappa shape index (κ2) is 3.78. The zero-order chi connectivity index (χ0) is 11.1. The van der Waals surface area contributed by atoms with Crippen LogP contribution in [0.1, 0.15) is 40.0 Å². The van der Waals surface area contributed by atoms with E-state index in [0.717, 1.165) is 32.4 Å². The molecule has 1 aliphatic carbocycles. The first kappa shape index (κ1) is 10.9. The van der Waals surface area contributed by atoms with Crippen molar-refractivity contribution in [2.45, 2.75) is 51.6 Å². The molecule has 2 rings (SSSR count). The van der Waals surface area contributed by atoms with Gasteiger partial charge >= 0.3 is 0 Å². The summed E-state index contributed by atoms with van der Waals surface area (Å²) in [6, 6.07) is 0.493. The molecule has 0 unspecified atom stereocenters. The number of amides is 1. The molecular formula is C12H22N2O. The summed E-state index contributed by atoms with van der Waals surface area (Å²) < 4.78 is 0. The SMILES string of the molecule is CC(C)(C)N[C@@H]1CCN(C(=O)C2CC2)C1. The first-order valence-electron chi connectivity index (χ1n) is 6.02. The summed E-state index contributed by atoms with van der Waals surface area (Å²) in [5.41, 5.74) is 0.156. The Morgan fingerprint density at radius 1 is 1.27 bits per heavy atom. The van der Waals surface area contributed by atoms with Crippen molar-refractivity contribution in [3.63, 3.8) is 0 Å². The second-order valence-electron chi connectivity index (χ2n) is 5.94. The number of carbonyl (C=O) groups excluding carboxylic acids is 1. The van der Waals surface area contributed by atoms with Crippen LogP contribution in [0.25, 0.3) is 0 Å². The van der Waals surface area contributed by atoms with Gasteiger partial charge in [0.15, 0.2) is 0 Å². The largest absolute Gasteiger partial charge is 0.341 e. The summed E-state index contributed by atoms with van der Waals surface area (Å²) in [5, 5.41) is 3.57. The van der Waals surface area contributed by atoms with E-state index in [1.807, 2.05) is 4.90 Å². The fraction of sp³-hybridized carbons (Fsp3) is 0.917. The Morgan fingerprint density at radius 2 is 1.93 bits per heavy atom. The molecule has 3 nitrogen and oxygen atoms in total. The lowest BCUT2D eigenvalue weighted by Gasteiger charge is -2.26. The zero-order valence-electron chi connectivity index (χ0n) is 10.0. The Kier molecular flexibility index (Phi) is 2.75. The molecule has 0 aromatic heterocycles. The van der Waals surface area contributed by atoms with Crippen molar-refractivity contribution >= 4 is 5.91 Å². The van der Waals surface area contributed by atoms with Gasteiger partial charge in [-0.15, -0.1) is 0 Å². The molecule has 1 saturated heterocycles. The molecule has 0 aromatic rings. The third-order valence-corrected chi connectivity index (χ3v) is 3.06. The van der Waals surface area contributed by atoms with Gasteiger partial charge in [-0.1, -0.05) is 0 Å². The average Bonchev–Trinajstić information content (AvgIpc) is 2.85. The van der Waals surface area contributed by atoms with Crippen molar-refractivity contribution in [1.29, 1.82) is 0 Å². The predicted molar refractivity (Wildman–Crippen MR) is 60.6 cm³/mol. The van der Waals surface area contributed by atoms with Gasteiger partial charge in [0.1, 0.15) is 0 Å². The van der Waals surface area contributed by atoms with Crippen LogP contribution in [-0.2, 0) is 4.79 Å². The van der Waals surface area contributed by atoms with Crippen LogP contribution in [0.4, 0.5) is 0 Å². The van der Waals surface area contributed by atoms with Crippen molar-refractivity contribution in [1.82, 2.24) is 10.2 Å². The first-order chi connectivity index (χ1) is 6.96. The predicted octanol–water partition coefficient (Wildman–Crippen LogP) is 1.39. The number of carbonyl (C=O) groups is 1. The molecule has 0 radical (unpaired) electrons. The number of nitrogens with zero attached hydrogens (tertiary/aromatic N) is 1. The molecule has 1 amide bonds. The highest BCUT2D eigenvalue weighted by atomic mass is 16.2. The van der Waals surface area contributed by atoms with Crippen molar-refractivity contribution in [3.05, 3.63) is 0 Å². The van der Waals surface area contributed by atoms with Gasteiger partial charge in [0.05, 0.1) is 0 Å². The van der Waals surface area contributed by atoms with Gasteiger partial charge in [-0.3, -0.25) is 4.79 Å². The number of hydrogen-bond donors (Lipinski definition) is 1. The summed E-state index contributed by atoms with van der Waals surface area (Å²) in [6.07, 6.45) is 3.34. The lowest BCUT2D eigenvalue weighted by Crippen LogP contribution is -2.45. The van der Waals surface area contributed by atoms with Crippen LogP contribution in [0.2, 0.25) is 0 Å². The molecule has 2 aliphatic rings. The standard InChI is InChI=1S/C12H22N2O/c1-12(2,3)13-10-6-7-14(8-10)11(15)9-4-5-9/h9-10,13H,4-8H2,1-3H3/t10-/m1/s1. The third-order valence-electron chi connectivity index (χ3n) is 3.06. The fourth-order valence-electron chi connectivity index (χ4n) is 2.28. The number of hydrogen-bond acceptors (Lipinski definition) is 2. The van der Waals surface area contributed by atoms with E-state index in [9.17, 15) is 4.79 Å². The van der Waals surface area contributed by atoms with Crippen LogP contribution < -0.4 is 5.32 Å². The molecule has 1 heterocycles. The van der Waals surface area contributed by atoms with E-state index in [-0.39, 0.29) is 5.54 Å². The molecule has 15 heavy (non-hydrogen) atoms. The zero-order valence-corrected chi connectivity index (χ0v) is 10.0. The normalized spacial score (nSPS) is 27.1. The van der Waals surface area contributed by atoms with Crippen molar-refractivity contribution in [2.75, 3.05) is 13.1 Å². The van der Waals surface area contributed by atoms with Gasteiger partial charge in [-0.25, -0.2) is 0 Å². The Labute approximate surface area is 92.2 Å². The fourth-order valence-corrected chi connectivity index (χ4v) is 2.28. The molecule has 1 aliphatic heterocycles. The third kappa shape index (κ3) is 2.94. The quantitative estimate of drug-likeness (QED) is 0.747. The molecule has 1 atom stereocenters. The lowest BCUT2D eigenvalue weighted by atomic mass is 10.1. The summed E-state index contributed by atoms with van der Waals surface area (Å²) >= 11 is 0. The van der Waals surface area contributed by atoms with E-state index >= 15 is 0 Å². The van der Waals surface area contributed by atoms with E-state index in [1.165, 1.54) is 0 Å². The second-order valence-corrected chi connectivity index (χ2v) is 5.94. The summed E-state index contributed by atoms with van der Waals surface area (Å²) in [4.78, 5) is 13.9. The summed E-state index contributed by atoms with van der Waals surface area (Å²) in [7, 11) is 0. The monoisotopic (exact) mass is 210 g/mol. The number of rotatable bonds is 2. The highest BCUT2D eigenvalue weighted by Crippen LogP contribution is 2.32.